The largest absolute Gasteiger partial charge is 0.322 e. The molecule has 0 fully saturated rings. The van der Waals surface area contributed by atoms with Gasteiger partial charge in [-0.25, -0.2) is 4.98 Å². The topological polar surface area (TPSA) is 43.2 Å². The molecule has 0 aliphatic carbocycles. The molecule has 1 aromatic heterocycles. The van der Waals surface area contributed by atoms with Crippen LogP contribution in [-0.2, 0) is 4.79 Å². The molecule has 0 saturated carbocycles. The fraction of sp³-hybridized carbons (Fsp3) is 0. The highest BCUT2D eigenvalue weighted by molar-refractivity contribution is 6.37. The maximum absolute atomic E-state index is 11.7. The van der Waals surface area contributed by atoms with Crippen LogP contribution < -0.4 is 10.3 Å². The number of amides is 1. The van der Waals surface area contributed by atoms with Gasteiger partial charge in [0, 0.05) is 33.8 Å². The summed E-state index contributed by atoms with van der Waals surface area (Å²) in [5, 5.41) is 3.73. The van der Waals surface area contributed by atoms with Gasteiger partial charge in [-0.1, -0.05) is 29.3 Å². The zero-order valence-corrected chi connectivity index (χ0v) is 11.4. The lowest BCUT2D eigenvalue weighted by Gasteiger charge is -2.01. The normalized spacial score (nSPS) is 10.6. The summed E-state index contributed by atoms with van der Waals surface area (Å²) in [4.78, 5) is 14.6. The Kier molecular flexibility index (Phi) is 4.55. The number of hydrogen-bond acceptors (Lipinski definition) is 1. The molecule has 19 heavy (non-hydrogen) atoms. The van der Waals surface area contributed by atoms with E-state index >= 15 is 0 Å². The third kappa shape index (κ3) is 3.81. The molecular weight excluding hydrogens is 283 g/mol. The molecule has 0 atom stereocenters. The summed E-state index contributed by atoms with van der Waals surface area (Å²) in [6.07, 6.45) is 6.44. The minimum atomic E-state index is -0.248. The van der Waals surface area contributed by atoms with Gasteiger partial charge in [-0.15, -0.1) is 0 Å². The van der Waals surface area contributed by atoms with Gasteiger partial charge in [0.05, 0.1) is 5.69 Å². The summed E-state index contributed by atoms with van der Waals surface area (Å²) >= 11 is 12.0. The quantitative estimate of drug-likeness (QED) is 0.866. The number of aromatic nitrogens is 1. The van der Waals surface area contributed by atoms with Gasteiger partial charge >= 0.3 is 0 Å². The number of carbonyl (C=O) groups excluding carboxylic acids is 1. The molecule has 1 aromatic carbocycles. The van der Waals surface area contributed by atoms with Crippen molar-refractivity contribution in [2.45, 2.75) is 0 Å². The van der Waals surface area contributed by atoms with Crippen molar-refractivity contribution < 1.29 is 9.78 Å². The third-order valence-corrected chi connectivity index (χ3v) is 3.05. The minimum Gasteiger partial charge on any atom is -0.322 e. The first-order valence-corrected chi connectivity index (χ1v) is 6.31. The molecule has 0 spiro atoms. The smallest absolute Gasteiger partial charge is 0.248 e. The Morgan fingerprint density at radius 1 is 1.11 bits per heavy atom. The van der Waals surface area contributed by atoms with Crippen molar-refractivity contribution in [2.75, 3.05) is 5.32 Å². The van der Waals surface area contributed by atoms with Crippen LogP contribution in [0, 0.1) is 0 Å². The molecule has 3 nitrogen and oxygen atoms in total. The predicted molar refractivity (Wildman–Crippen MR) is 77.1 cm³/mol. The van der Waals surface area contributed by atoms with Crippen LogP contribution in [0.2, 0.25) is 10.0 Å². The Labute approximate surface area is 120 Å². The Morgan fingerprint density at radius 2 is 1.74 bits per heavy atom. The third-order valence-electron chi connectivity index (χ3n) is 2.39. The summed E-state index contributed by atoms with van der Waals surface area (Å²) < 4.78 is 0. The monoisotopic (exact) mass is 293 g/mol. The summed E-state index contributed by atoms with van der Waals surface area (Å²) in [7, 11) is 0. The first-order chi connectivity index (χ1) is 9.16. The molecule has 0 aliphatic heterocycles. The zero-order valence-electron chi connectivity index (χ0n) is 9.86. The fourth-order valence-electron chi connectivity index (χ4n) is 1.48. The van der Waals surface area contributed by atoms with Gasteiger partial charge < -0.3 is 5.32 Å². The molecule has 1 amide bonds. The van der Waals surface area contributed by atoms with E-state index in [1.165, 1.54) is 6.08 Å². The number of H-pyrrole nitrogens is 1. The number of anilines is 1. The van der Waals surface area contributed by atoms with Crippen LogP contribution in [-0.4, -0.2) is 5.91 Å². The van der Waals surface area contributed by atoms with Gasteiger partial charge in [0.2, 0.25) is 5.91 Å². The van der Waals surface area contributed by atoms with Gasteiger partial charge in [0.15, 0.2) is 12.4 Å². The molecule has 0 bridgehead atoms. The van der Waals surface area contributed by atoms with Crippen LogP contribution in [0.15, 0.2) is 48.8 Å². The van der Waals surface area contributed by atoms with E-state index in [4.69, 9.17) is 23.2 Å². The zero-order chi connectivity index (χ0) is 13.7. The Balaban J connectivity index is 2.09. The molecule has 2 rings (SSSR count). The summed E-state index contributed by atoms with van der Waals surface area (Å²) in [6, 6.07) is 8.71. The maximum atomic E-state index is 11.7. The molecule has 5 heteroatoms. The molecule has 0 unspecified atom stereocenters. The van der Waals surface area contributed by atoms with E-state index in [2.05, 4.69) is 10.3 Å². The van der Waals surface area contributed by atoms with Crippen LogP contribution >= 0.6 is 23.2 Å². The van der Waals surface area contributed by atoms with Crippen LogP contribution in [0.5, 0.6) is 0 Å². The first kappa shape index (κ1) is 13.6. The maximum Gasteiger partial charge on any atom is 0.248 e. The second-order valence-electron chi connectivity index (χ2n) is 3.75. The van der Waals surface area contributed by atoms with Crippen LogP contribution in [0.1, 0.15) is 5.56 Å². The van der Waals surface area contributed by atoms with E-state index in [0.29, 0.717) is 21.3 Å². The number of aromatic amines is 1. The number of hydrogen-bond donors (Lipinski definition) is 1. The average Bonchev–Trinajstić information content (AvgIpc) is 2.39. The average molecular weight is 294 g/mol. The molecule has 2 N–H and O–H groups in total. The van der Waals surface area contributed by atoms with Crippen molar-refractivity contribution in [2.24, 2.45) is 0 Å². The standard InChI is InChI=1S/C14H10Cl2N2O/c15-12-2-1-3-13(16)11(12)4-5-14(19)18-10-6-8-17-9-7-10/h1-9H,(H,17,18,19)/p+1. The summed E-state index contributed by atoms with van der Waals surface area (Å²) in [5.41, 5.74) is 1.33. The number of benzene rings is 1. The minimum absolute atomic E-state index is 0.248. The van der Waals surface area contributed by atoms with Gasteiger partial charge in [-0.2, -0.15) is 0 Å². The van der Waals surface area contributed by atoms with Crippen molar-refractivity contribution in [3.05, 3.63) is 64.4 Å². The summed E-state index contributed by atoms with van der Waals surface area (Å²) in [6.45, 7) is 0. The van der Waals surface area contributed by atoms with Crippen molar-refractivity contribution in [3.63, 3.8) is 0 Å². The lowest BCUT2D eigenvalue weighted by atomic mass is 10.2. The lowest BCUT2D eigenvalue weighted by molar-refractivity contribution is -0.377. The lowest BCUT2D eigenvalue weighted by Crippen LogP contribution is -2.09. The van der Waals surface area contributed by atoms with Crippen molar-refractivity contribution in [1.82, 2.24) is 0 Å². The first-order valence-electron chi connectivity index (χ1n) is 5.56. The van der Waals surface area contributed by atoms with E-state index in [0.717, 1.165) is 0 Å². The molecule has 0 radical (unpaired) electrons. The SMILES string of the molecule is O=C(C=Cc1c(Cl)cccc1Cl)Nc1cc[nH+]cc1. The summed E-state index contributed by atoms with van der Waals surface area (Å²) in [5.74, 6) is -0.248. The Hall–Kier alpha value is -1.84. The van der Waals surface area contributed by atoms with Gasteiger partial charge in [0.25, 0.3) is 0 Å². The Morgan fingerprint density at radius 3 is 2.37 bits per heavy atom. The van der Waals surface area contributed by atoms with Crippen LogP contribution in [0.3, 0.4) is 0 Å². The number of rotatable bonds is 3. The number of halogens is 2. The fourth-order valence-corrected chi connectivity index (χ4v) is 2.01. The van der Waals surface area contributed by atoms with Crippen molar-refractivity contribution >= 4 is 40.9 Å². The Bertz CT molecular complexity index is 592. The molecular formula is C14H11Cl2N2O+. The second-order valence-corrected chi connectivity index (χ2v) is 4.56. The van der Waals surface area contributed by atoms with Gasteiger partial charge in [-0.05, 0) is 18.2 Å². The van der Waals surface area contributed by atoms with Crippen LogP contribution in [0.25, 0.3) is 6.08 Å². The predicted octanol–water partition coefficient (Wildman–Crippen LogP) is 3.46. The highest BCUT2D eigenvalue weighted by Gasteiger charge is 2.03. The molecule has 2 aromatic rings. The van der Waals surface area contributed by atoms with E-state index in [-0.39, 0.29) is 5.91 Å². The number of nitrogens with one attached hydrogen (secondary N) is 2. The van der Waals surface area contributed by atoms with E-state index in [1.807, 2.05) is 0 Å². The molecule has 0 aliphatic rings. The van der Waals surface area contributed by atoms with Gasteiger partial charge in [0.1, 0.15) is 0 Å². The molecule has 0 saturated heterocycles. The number of pyridine rings is 1. The number of carbonyl (C=O) groups is 1. The molecule has 96 valence electrons. The second kappa shape index (κ2) is 6.36. The van der Waals surface area contributed by atoms with Crippen molar-refractivity contribution in [1.29, 1.82) is 0 Å². The highest BCUT2D eigenvalue weighted by atomic mass is 35.5. The highest BCUT2D eigenvalue weighted by Crippen LogP contribution is 2.25. The van der Waals surface area contributed by atoms with E-state index < -0.39 is 0 Å². The van der Waals surface area contributed by atoms with E-state index in [1.54, 1.807) is 48.8 Å². The van der Waals surface area contributed by atoms with Crippen LogP contribution in [0.4, 0.5) is 5.69 Å². The van der Waals surface area contributed by atoms with Gasteiger partial charge in [-0.3, -0.25) is 4.79 Å². The molecule has 1 heterocycles. The van der Waals surface area contributed by atoms with Crippen molar-refractivity contribution in [3.8, 4) is 0 Å². The van der Waals surface area contributed by atoms with E-state index in [9.17, 15) is 4.79 Å².